The first-order valence-electron chi connectivity index (χ1n) is 8.65. The third-order valence-electron chi connectivity index (χ3n) is 4.38. The van der Waals surface area contributed by atoms with Crippen LogP contribution in [0.5, 0.6) is 0 Å². The van der Waals surface area contributed by atoms with Gasteiger partial charge >= 0.3 is 5.69 Å². The summed E-state index contributed by atoms with van der Waals surface area (Å²) < 4.78 is 1.58. The number of thiophene rings is 1. The lowest BCUT2D eigenvalue weighted by atomic mass is 10.1. The molecule has 7 nitrogen and oxygen atoms in total. The lowest BCUT2D eigenvalue weighted by molar-refractivity contribution is 0.289. The predicted molar refractivity (Wildman–Crippen MR) is 107 cm³/mol. The molecule has 1 aromatic carbocycles. The van der Waals surface area contributed by atoms with Crippen LogP contribution in [-0.4, -0.2) is 31.2 Å². The number of aliphatic hydroxyl groups excluding tert-OH is 1. The zero-order chi connectivity index (χ0) is 18.8. The third-order valence-corrected chi connectivity index (χ3v) is 5.36. The Labute approximate surface area is 159 Å². The van der Waals surface area contributed by atoms with E-state index in [1.54, 1.807) is 15.9 Å². The molecular formula is C19H19N5O2S. The molecule has 0 spiro atoms. The van der Waals surface area contributed by atoms with Gasteiger partial charge in [0.1, 0.15) is 5.52 Å². The van der Waals surface area contributed by atoms with Crippen LogP contribution in [0.2, 0.25) is 0 Å². The maximum Gasteiger partial charge on any atom is 0.328 e. The standard InChI is InChI=1S/C19H19N5O2S/c20-16-15-18(24(19(26)21-15)11-12-5-2-1-3-6-12)23-17(22-16)13-8-10-27-14(13)7-4-9-25/h1-3,5-6,8,10,25H,4,7,9,11H2,(H,21,26)(H2,20,22,23). The van der Waals surface area contributed by atoms with Crippen LogP contribution in [0, 0.1) is 0 Å². The molecule has 4 N–H and O–H groups in total. The van der Waals surface area contributed by atoms with E-state index >= 15 is 0 Å². The summed E-state index contributed by atoms with van der Waals surface area (Å²) in [5.74, 6) is 0.744. The molecule has 0 radical (unpaired) electrons. The summed E-state index contributed by atoms with van der Waals surface area (Å²) in [5, 5.41) is 11.1. The topological polar surface area (TPSA) is 110 Å². The van der Waals surface area contributed by atoms with Crippen LogP contribution >= 0.6 is 11.3 Å². The number of hydrogen-bond donors (Lipinski definition) is 3. The number of nitrogens with two attached hydrogens (primary N) is 1. The highest BCUT2D eigenvalue weighted by Gasteiger charge is 2.17. The van der Waals surface area contributed by atoms with Gasteiger partial charge in [0.05, 0.1) is 6.54 Å². The van der Waals surface area contributed by atoms with Crippen molar-refractivity contribution in [2.45, 2.75) is 19.4 Å². The van der Waals surface area contributed by atoms with E-state index in [0.29, 0.717) is 30.0 Å². The van der Waals surface area contributed by atoms with Crippen LogP contribution in [0.15, 0.2) is 46.6 Å². The highest BCUT2D eigenvalue weighted by molar-refractivity contribution is 7.10. The van der Waals surface area contributed by atoms with Gasteiger partial charge in [-0.1, -0.05) is 30.3 Å². The van der Waals surface area contributed by atoms with Gasteiger partial charge in [-0.25, -0.2) is 14.8 Å². The van der Waals surface area contributed by atoms with E-state index in [9.17, 15) is 4.79 Å². The van der Waals surface area contributed by atoms with Crippen molar-refractivity contribution in [1.29, 1.82) is 0 Å². The number of fused-ring (bicyclic) bond motifs is 1. The van der Waals surface area contributed by atoms with Gasteiger partial charge in [0.15, 0.2) is 17.3 Å². The van der Waals surface area contributed by atoms with E-state index in [1.807, 2.05) is 41.8 Å². The Morgan fingerprint density at radius 2 is 2.00 bits per heavy atom. The van der Waals surface area contributed by atoms with Gasteiger partial charge in [-0.2, -0.15) is 0 Å². The number of hydrogen-bond acceptors (Lipinski definition) is 6. The Hall–Kier alpha value is -2.97. The first kappa shape index (κ1) is 17.4. The Morgan fingerprint density at radius 1 is 1.19 bits per heavy atom. The average molecular weight is 381 g/mol. The van der Waals surface area contributed by atoms with Gasteiger partial charge < -0.3 is 15.8 Å². The molecule has 0 aliphatic carbocycles. The van der Waals surface area contributed by atoms with Gasteiger partial charge in [0.2, 0.25) is 0 Å². The van der Waals surface area contributed by atoms with Crippen molar-refractivity contribution in [3.05, 3.63) is 62.7 Å². The molecule has 4 aromatic rings. The van der Waals surface area contributed by atoms with E-state index in [1.165, 1.54) is 0 Å². The molecule has 0 bridgehead atoms. The molecule has 8 heteroatoms. The number of nitrogens with one attached hydrogen (secondary N) is 1. The van der Waals surface area contributed by atoms with Crippen LogP contribution in [0.1, 0.15) is 16.9 Å². The number of nitrogens with zero attached hydrogens (tertiary/aromatic N) is 3. The normalized spacial score (nSPS) is 11.3. The molecule has 0 unspecified atom stereocenters. The van der Waals surface area contributed by atoms with Crippen LogP contribution in [0.4, 0.5) is 5.82 Å². The maximum atomic E-state index is 12.5. The lowest BCUT2D eigenvalue weighted by Crippen LogP contribution is -2.17. The number of benzene rings is 1. The molecule has 0 amide bonds. The van der Waals surface area contributed by atoms with Crippen molar-refractivity contribution < 1.29 is 5.11 Å². The SMILES string of the molecule is Nc1nc(-c2ccsc2CCCO)nc2c1[nH]c(=O)n2Cc1ccccc1. The molecule has 138 valence electrons. The van der Waals surface area contributed by atoms with Crippen LogP contribution in [-0.2, 0) is 13.0 Å². The second-order valence-electron chi connectivity index (χ2n) is 6.22. The number of aromatic nitrogens is 4. The summed E-state index contributed by atoms with van der Waals surface area (Å²) in [6, 6.07) is 11.7. The number of imidazole rings is 1. The second kappa shape index (κ2) is 7.34. The number of aliphatic hydroxyl groups is 1. The fourth-order valence-electron chi connectivity index (χ4n) is 3.06. The van der Waals surface area contributed by atoms with Crippen LogP contribution < -0.4 is 11.4 Å². The lowest BCUT2D eigenvalue weighted by Gasteiger charge is -2.07. The summed E-state index contributed by atoms with van der Waals surface area (Å²) in [7, 11) is 0. The molecule has 0 fully saturated rings. The predicted octanol–water partition coefficient (Wildman–Crippen LogP) is 2.40. The number of anilines is 1. The maximum absolute atomic E-state index is 12.5. The van der Waals surface area contributed by atoms with E-state index in [2.05, 4.69) is 15.0 Å². The van der Waals surface area contributed by atoms with Crippen molar-refractivity contribution in [3.63, 3.8) is 0 Å². The van der Waals surface area contributed by atoms with Crippen molar-refractivity contribution in [1.82, 2.24) is 19.5 Å². The summed E-state index contributed by atoms with van der Waals surface area (Å²) >= 11 is 1.60. The van der Waals surface area contributed by atoms with E-state index in [-0.39, 0.29) is 18.1 Å². The molecular weight excluding hydrogens is 362 g/mol. The highest BCUT2D eigenvalue weighted by Crippen LogP contribution is 2.29. The van der Waals surface area contributed by atoms with Crippen molar-refractivity contribution in [2.24, 2.45) is 0 Å². The van der Waals surface area contributed by atoms with Crippen LogP contribution in [0.3, 0.4) is 0 Å². The first-order chi connectivity index (χ1) is 13.2. The molecule has 0 atom stereocenters. The monoisotopic (exact) mass is 381 g/mol. The Balaban J connectivity index is 1.82. The summed E-state index contributed by atoms with van der Waals surface area (Å²) in [4.78, 5) is 25.4. The third kappa shape index (κ3) is 3.36. The fourth-order valence-corrected chi connectivity index (χ4v) is 3.97. The van der Waals surface area contributed by atoms with E-state index in [0.717, 1.165) is 22.4 Å². The Morgan fingerprint density at radius 3 is 2.78 bits per heavy atom. The second-order valence-corrected chi connectivity index (χ2v) is 7.22. The summed E-state index contributed by atoms with van der Waals surface area (Å²) in [6.07, 6.45) is 1.42. The highest BCUT2D eigenvalue weighted by atomic mass is 32.1. The fraction of sp³-hybridized carbons (Fsp3) is 0.211. The van der Waals surface area contributed by atoms with E-state index < -0.39 is 0 Å². The molecule has 27 heavy (non-hydrogen) atoms. The molecule has 3 heterocycles. The smallest absolute Gasteiger partial charge is 0.328 e. The van der Waals surface area contributed by atoms with E-state index in [4.69, 9.17) is 10.8 Å². The van der Waals surface area contributed by atoms with Gasteiger partial charge in [0, 0.05) is 17.0 Å². The Kier molecular flexibility index (Phi) is 4.74. The quantitative estimate of drug-likeness (QED) is 0.475. The van der Waals surface area contributed by atoms with Crippen molar-refractivity contribution in [2.75, 3.05) is 12.3 Å². The Bertz CT molecular complexity index is 1130. The van der Waals surface area contributed by atoms with Gasteiger partial charge in [0.25, 0.3) is 0 Å². The van der Waals surface area contributed by atoms with Crippen LogP contribution in [0.25, 0.3) is 22.6 Å². The molecule has 0 saturated heterocycles. The number of rotatable bonds is 6. The largest absolute Gasteiger partial charge is 0.396 e. The zero-order valence-electron chi connectivity index (χ0n) is 14.6. The minimum Gasteiger partial charge on any atom is -0.396 e. The molecule has 0 saturated carbocycles. The molecule has 0 aliphatic heterocycles. The number of H-pyrrole nitrogens is 1. The molecule has 0 aliphatic rings. The van der Waals surface area contributed by atoms with Gasteiger partial charge in [-0.15, -0.1) is 11.3 Å². The van der Waals surface area contributed by atoms with Gasteiger partial charge in [-0.05, 0) is 29.9 Å². The van der Waals surface area contributed by atoms with Gasteiger partial charge in [-0.3, -0.25) is 4.57 Å². The van der Waals surface area contributed by atoms with Crippen molar-refractivity contribution in [3.8, 4) is 11.4 Å². The molecule has 4 rings (SSSR count). The first-order valence-corrected chi connectivity index (χ1v) is 9.53. The number of aryl methyl sites for hydroxylation is 1. The average Bonchev–Trinajstić information content (AvgIpc) is 3.26. The minimum atomic E-state index is -0.266. The number of aromatic amines is 1. The minimum absolute atomic E-state index is 0.133. The summed E-state index contributed by atoms with van der Waals surface area (Å²) in [6.45, 7) is 0.532. The van der Waals surface area contributed by atoms with Crippen molar-refractivity contribution >= 4 is 28.3 Å². The molecule has 3 aromatic heterocycles. The number of nitrogen functional groups attached to an aromatic ring is 1. The zero-order valence-corrected chi connectivity index (χ0v) is 15.4. The summed E-state index contributed by atoms with van der Waals surface area (Å²) in [5.41, 5.74) is 8.68.